The van der Waals surface area contributed by atoms with Crippen molar-refractivity contribution in [2.75, 3.05) is 0 Å². The summed E-state index contributed by atoms with van der Waals surface area (Å²) in [5, 5.41) is 9.63. The summed E-state index contributed by atoms with van der Waals surface area (Å²) < 4.78 is 7.59. The molecule has 0 saturated carbocycles. The molecule has 0 atom stereocenters. The van der Waals surface area contributed by atoms with Crippen LogP contribution in [0.4, 0.5) is 0 Å². The minimum atomic E-state index is -0.0903. The Balaban J connectivity index is 1.81. The highest BCUT2D eigenvalue weighted by molar-refractivity contribution is 5.79. The highest BCUT2D eigenvalue weighted by atomic mass is 16.5. The molecule has 3 rings (SSSR count). The van der Waals surface area contributed by atoms with E-state index in [2.05, 4.69) is 4.98 Å². The van der Waals surface area contributed by atoms with E-state index in [4.69, 9.17) is 4.74 Å². The van der Waals surface area contributed by atoms with Crippen LogP contribution in [-0.4, -0.2) is 20.9 Å². The third kappa shape index (κ3) is 2.45. The van der Waals surface area contributed by atoms with Gasteiger partial charge in [-0.05, 0) is 24.3 Å². The average Bonchev–Trinajstić information content (AvgIpc) is 2.82. The standard InChI is InChI=1S/C16H14N2O3/c1-18-14-5-3-2-4-13(14)17-16(18)10-21-12-7-6-11(9-19)15(20)8-12/h2-9,20H,10H2,1H3. The predicted octanol–water partition coefficient (Wildman–Crippen LogP) is 2.67. The summed E-state index contributed by atoms with van der Waals surface area (Å²) in [6.45, 7) is 0.283. The zero-order valence-corrected chi connectivity index (χ0v) is 11.5. The van der Waals surface area contributed by atoms with E-state index in [9.17, 15) is 9.90 Å². The number of para-hydroxylation sites is 2. The molecule has 3 aromatic rings. The summed E-state index contributed by atoms with van der Waals surface area (Å²) in [4.78, 5) is 15.2. The fourth-order valence-corrected chi connectivity index (χ4v) is 2.19. The lowest BCUT2D eigenvalue weighted by Gasteiger charge is -2.07. The van der Waals surface area contributed by atoms with Crippen LogP contribution in [0.25, 0.3) is 11.0 Å². The Kier molecular flexibility index (Phi) is 3.31. The molecule has 0 amide bonds. The van der Waals surface area contributed by atoms with Gasteiger partial charge in [0.15, 0.2) is 6.29 Å². The number of aromatic hydroxyl groups is 1. The van der Waals surface area contributed by atoms with Crippen LogP contribution in [0, 0.1) is 0 Å². The van der Waals surface area contributed by atoms with Gasteiger partial charge >= 0.3 is 0 Å². The molecule has 106 valence electrons. The van der Waals surface area contributed by atoms with Gasteiger partial charge in [-0.15, -0.1) is 0 Å². The van der Waals surface area contributed by atoms with Crippen LogP contribution in [0.1, 0.15) is 16.2 Å². The Labute approximate surface area is 121 Å². The van der Waals surface area contributed by atoms with Crippen molar-refractivity contribution in [3.05, 3.63) is 53.9 Å². The summed E-state index contributed by atoms with van der Waals surface area (Å²) in [7, 11) is 1.93. The minimum absolute atomic E-state index is 0.0903. The Hall–Kier alpha value is -2.82. The summed E-state index contributed by atoms with van der Waals surface area (Å²) in [6.07, 6.45) is 0.602. The lowest BCUT2D eigenvalue weighted by molar-refractivity contribution is 0.112. The second kappa shape index (κ2) is 5.28. The zero-order chi connectivity index (χ0) is 14.8. The smallest absolute Gasteiger partial charge is 0.153 e. The number of carbonyl (C=O) groups is 1. The first kappa shape index (κ1) is 13.2. The maximum absolute atomic E-state index is 10.6. The molecule has 1 aromatic heterocycles. The van der Waals surface area contributed by atoms with Gasteiger partial charge in [0, 0.05) is 13.1 Å². The molecule has 0 radical (unpaired) electrons. The SMILES string of the molecule is Cn1c(COc2ccc(C=O)c(O)c2)nc2ccccc21. The number of hydrogen-bond donors (Lipinski definition) is 1. The van der Waals surface area contributed by atoms with Gasteiger partial charge in [0.2, 0.25) is 0 Å². The fraction of sp³-hybridized carbons (Fsp3) is 0.125. The molecule has 5 heteroatoms. The number of benzene rings is 2. The lowest BCUT2D eigenvalue weighted by atomic mass is 10.2. The highest BCUT2D eigenvalue weighted by Gasteiger charge is 2.08. The highest BCUT2D eigenvalue weighted by Crippen LogP contribution is 2.23. The molecule has 2 aromatic carbocycles. The van der Waals surface area contributed by atoms with E-state index in [1.165, 1.54) is 12.1 Å². The van der Waals surface area contributed by atoms with E-state index in [1.807, 2.05) is 35.9 Å². The number of imidazole rings is 1. The number of aromatic nitrogens is 2. The third-order valence-corrected chi connectivity index (χ3v) is 3.38. The first-order valence-electron chi connectivity index (χ1n) is 6.50. The van der Waals surface area contributed by atoms with Crippen LogP contribution in [0.3, 0.4) is 0 Å². The van der Waals surface area contributed by atoms with Crippen molar-refractivity contribution in [1.82, 2.24) is 9.55 Å². The van der Waals surface area contributed by atoms with Crippen molar-refractivity contribution < 1.29 is 14.6 Å². The van der Waals surface area contributed by atoms with E-state index in [0.29, 0.717) is 12.0 Å². The second-order valence-corrected chi connectivity index (χ2v) is 4.70. The molecular formula is C16H14N2O3. The second-order valence-electron chi connectivity index (χ2n) is 4.70. The number of hydrogen-bond acceptors (Lipinski definition) is 4. The van der Waals surface area contributed by atoms with Crippen LogP contribution in [0.15, 0.2) is 42.5 Å². The summed E-state index contributed by atoms with van der Waals surface area (Å²) in [6, 6.07) is 12.4. The molecule has 0 bridgehead atoms. The Bertz CT molecular complexity index is 808. The van der Waals surface area contributed by atoms with Gasteiger partial charge < -0.3 is 14.4 Å². The number of aryl methyl sites for hydroxylation is 1. The van der Waals surface area contributed by atoms with E-state index < -0.39 is 0 Å². The number of carbonyl (C=O) groups excluding carboxylic acids is 1. The van der Waals surface area contributed by atoms with Gasteiger partial charge in [0.25, 0.3) is 0 Å². The maximum atomic E-state index is 10.6. The van der Waals surface area contributed by atoms with Crippen molar-refractivity contribution in [3.63, 3.8) is 0 Å². The van der Waals surface area contributed by atoms with Crippen LogP contribution in [0.5, 0.6) is 11.5 Å². The van der Waals surface area contributed by atoms with Gasteiger partial charge in [0.05, 0.1) is 16.6 Å². The molecule has 0 spiro atoms. The lowest BCUT2D eigenvalue weighted by Crippen LogP contribution is -2.03. The van der Waals surface area contributed by atoms with E-state index in [1.54, 1.807) is 6.07 Å². The molecule has 0 aliphatic heterocycles. The molecule has 0 aliphatic rings. The molecule has 0 unspecified atom stereocenters. The van der Waals surface area contributed by atoms with Crippen LogP contribution >= 0.6 is 0 Å². The minimum Gasteiger partial charge on any atom is -0.507 e. The van der Waals surface area contributed by atoms with Crippen LogP contribution in [-0.2, 0) is 13.7 Å². The topological polar surface area (TPSA) is 64.3 Å². The number of nitrogens with zero attached hydrogens (tertiary/aromatic N) is 2. The van der Waals surface area contributed by atoms with Crippen LogP contribution in [0.2, 0.25) is 0 Å². The van der Waals surface area contributed by atoms with E-state index in [0.717, 1.165) is 16.9 Å². The quantitative estimate of drug-likeness (QED) is 0.747. The molecular weight excluding hydrogens is 268 g/mol. The number of ether oxygens (including phenoxy) is 1. The molecule has 1 heterocycles. The van der Waals surface area contributed by atoms with Gasteiger partial charge in [-0.25, -0.2) is 4.98 Å². The van der Waals surface area contributed by atoms with Crippen molar-refractivity contribution in [2.24, 2.45) is 7.05 Å². The molecule has 0 fully saturated rings. The molecule has 0 saturated heterocycles. The van der Waals surface area contributed by atoms with E-state index >= 15 is 0 Å². The Morgan fingerprint density at radius 3 is 2.81 bits per heavy atom. The van der Waals surface area contributed by atoms with E-state index in [-0.39, 0.29) is 17.9 Å². The fourth-order valence-electron chi connectivity index (χ4n) is 2.19. The largest absolute Gasteiger partial charge is 0.507 e. The van der Waals surface area contributed by atoms with Crippen molar-refractivity contribution in [2.45, 2.75) is 6.61 Å². The molecule has 1 N–H and O–H groups in total. The monoisotopic (exact) mass is 282 g/mol. The summed E-state index contributed by atoms with van der Waals surface area (Å²) in [5.74, 6) is 1.19. The Morgan fingerprint density at radius 2 is 2.10 bits per heavy atom. The first-order valence-corrected chi connectivity index (χ1v) is 6.50. The number of phenolic OH excluding ortho intramolecular Hbond substituents is 1. The number of fused-ring (bicyclic) bond motifs is 1. The molecule has 5 nitrogen and oxygen atoms in total. The summed E-state index contributed by atoms with van der Waals surface area (Å²) >= 11 is 0. The van der Waals surface area contributed by atoms with Crippen molar-refractivity contribution >= 4 is 17.3 Å². The van der Waals surface area contributed by atoms with Gasteiger partial charge in [-0.2, -0.15) is 0 Å². The van der Waals surface area contributed by atoms with Gasteiger partial charge in [0.1, 0.15) is 23.9 Å². The predicted molar refractivity (Wildman–Crippen MR) is 78.5 cm³/mol. The normalized spacial score (nSPS) is 10.7. The maximum Gasteiger partial charge on any atom is 0.153 e. The average molecular weight is 282 g/mol. The van der Waals surface area contributed by atoms with Crippen molar-refractivity contribution in [1.29, 1.82) is 0 Å². The third-order valence-electron chi connectivity index (χ3n) is 3.38. The van der Waals surface area contributed by atoms with Gasteiger partial charge in [-0.3, -0.25) is 4.79 Å². The zero-order valence-electron chi connectivity index (χ0n) is 11.5. The number of rotatable bonds is 4. The van der Waals surface area contributed by atoms with Gasteiger partial charge in [-0.1, -0.05) is 12.1 Å². The molecule has 21 heavy (non-hydrogen) atoms. The molecule has 0 aliphatic carbocycles. The number of aldehydes is 1. The van der Waals surface area contributed by atoms with Crippen LogP contribution < -0.4 is 4.74 Å². The first-order chi connectivity index (χ1) is 10.2. The van der Waals surface area contributed by atoms with Crippen molar-refractivity contribution in [3.8, 4) is 11.5 Å². The number of phenols is 1. The Morgan fingerprint density at radius 1 is 1.29 bits per heavy atom. The summed E-state index contributed by atoms with van der Waals surface area (Å²) in [5.41, 5.74) is 2.19.